The summed E-state index contributed by atoms with van der Waals surface area (Å²) in [5.41, 5.74) is 0.00838. The number of sulfonamides is 1. The van der Waals surface area contributed by atoms with Crippen LogP contribution in [0.15, 0.2) is 47.4 Å². The number of hydrogen-bond donors (Lipinski definition) is 0. The van der Waals surface area contributed by atoms with E-state index in [2.05, 4.69) is 0 Å². The third-order valence-corrected chi connectivity index (χ3v) is 6.69. The van der Waals surface area contributed by atoms with Gasteiger partial charge >= 0.3 is 0 Å². The Morgan fingerprint density at radius 1 is 1.04 bits per heavy atom. The Kier molecular flexibility index (Phi) is 7.83. The van der Waals surface area contributed by atoms with Crippen LogP contribution in [0, 0.1) is 5.82 Å². The third-order valence-electron chi connectivity index (χ3n) is 4.28. The van der Waals surface area contributed by atoms with Crippen LogP contribution >= 0.6 is 23.2 Å². The summed E-state index contributed by atoms with van der Waals surface area (Å²) >= 11 is 11.9. The average Bonchev–Trinajstić information content (AvgIpc) is 2.65. The van der Waals surface area contributed by atoms with Gasteiger partial charge in [0, 0.05) is 35.2 Å². The van der Waals surface area contributed by atoms with E-state index in [-0.39, 0.29) is 27.9 Å². The van der Waals surface area contributed by atoms with Crippen molar-refractivity contribution in [2.24, 2.45) is 0 Å². The zero-order valence-corrected chi connectivity index (χ0v) is 17.9. The van der Waals surface area contributed by atoms with Gasteiger partial charge in [0.1, 0.15) is 5.82 Å². The van der Waals surface area contributed by atoms with Crippen molar-refractivity contribution in [1.82, 2.24) is 9.21 Å². The summed E-state index contributed by atoms with van der Waals surface area (Å²) in [6.07, 6.45) is 0. The van der Waals surface area contributed by atoms with Gasteiger partial charge in [-0.25, -0.2) is 12.8 Å². The first kappa shape index (κ1) is 22.6. The van der Waals surface area contributed by atoms with Crippen LogP contribution < -0.4 is 0 Å². The lowest BCUT2D eigenvalue weighted by atomic mass is 10.2. The predicted molar refractivity (Wildman–Crippen MR) is 108 cm³/mol. The zero-order chi connectivity index (χ0) is 20.9. The fourth-order valence-electron chi connectivity index (χ4n) is 2.67. The Balaban J connectivity index is 2.46. The second kappa shape index (κ2) is 9.69. The first-order chi connectivity index (χ1) is 13.2. The molecular weight excluding hydrogens is 426 g/mol. The highest BCUT2D eigenvalue weighted by Crippen LogP contribution is 2.25. The molecule has 0 unspecified atom stereocenters. The highest BCUT2D eigenvalue weighted by atomic mass is 35.5. The molecule has 1 amide bonds. The van der Waals surface area contributed by atoms with Crippen LogP contribution in [0.25, 0.3) is 0 Å². The molecule has 152 valence electrons. The summed E-state index contributed by atoms with van der Waals surface area (Å²) in [4.78, 5) is 14.0. The van der Waals surface area contributed by atoms with Crippen molar-refractivity contribution in [2.45, 2.75) is 25.3 Å². The van der Waals surface area contributed by atoms with Gasteiger partial charge < -0.3 is 4.90 Å². The van der Waals surface area contributed by atoms with Gasteiger partial charge in [0.15, 0.2) is 0 Å². The molecule has 0 saturated carbocycles. The Morgan fingerprint density at radius 2 is 1.64 bits per heavy atom. The number of hydrogen-bond acceptors (Lipinski definition) is 3. The van der Waals surface area contributed by atoms with Crippen LogP contribution in [0.1, 0.15) is 19.4 Å². The first-order valence-corrected chi connectivity index (χ1v) is 10.9. The maximum Gasteiger partial charge on any atom is 0.243 e. The number of nitrogens with zero attached hydrogens (tertiary/aromatic N) is 2. The predicted octanol–water partition coefficient (Wildman–Crippen LogP) is 4.19. The van der Waals surface area contributed by atoms with Gasteiger partial charge in [-0.3, -0.25) is 4.79 Å². The minimum Gasteiger partial charge on any atom is -0.342 e. The topological polar surface area (TPSA) is 57.7 Å². The molecule has 0 bridgehead atoms. The molecule has 0 heterocycles. The molecule has 0 spiro atoms. The molecule has 0 aliphatic heterocycles. The summed E-state index contributed by atoms with van der Waals surface area (Å²) in [5.74, 6) is -1.02. The van der Waals surface area contributed by atoms with Crippen molar-refractivity contribution >= 4 is 39.1 Å². The lowest BCUT2D eigenvalue weighted by Gasteiger charge is -2.26. The Bertz CT molecular complexity index is 912. The van der Waals surface area contributed by atoms with Crippen molar-refractivity contribution in [3.8, 4) is 0 Å². The third kappa shape index (κ3) is 5.23. The smallest absolute Gasteiger partial charge is 0.243 e. The van der Waals surface area contributed by atoms with E-state index >= 15 is 0 Å². The van der Waals surface area contributed by atoms with Crippen molar-refractivity contribution < 1.29 is 17.6 Å². The quantitative estimate of drug-likeness (QED) is 0.610. The minimum atomic E-state index is -4.09. The largest absolute Gasteiger partial charge is 0.342 e. The van der Waals surface area contributed by atoms with Gasteiger partial charge in [-0.15, -0.1) is 0 Å². The zero-order valence-electron chi connectivity index (χ0n) is 15.5. The molecular formula is C19H21Cl2FN2O3S. The van der Waals surface area contributed by atoms with Crippen molar-refractivity contribution in [3.05, 3.63) is 63.9 Å². The number of benzene rings is 2. The van der Waals surface area contributed by atoms with Gasteiger partial charge in [-0.2, -0.15) is 4.31 Å². The number of likely N-dealkylation sites (N-methyl/N-ethyl adjacent to an activating group) is 1. The molecule has 0 N–H and O–H groups in total. The van der Waals surface area contributed by atoms with Gasteiger partial charge in [-0.05, 0) is 50.2 Å². The Labute approximate surface area is 174 Å². The van der Waals surface area contributed by atoms with E-state index in [1.807, 2.05) is 0 Å². The number of halogens is 3. The standard InChI is InChI=1S/C19H21Cl2FN2O3S/c1-3-23(4-2)19(25)13-24(12-16-17(21)6-5-7-18(16)22)28(26,27)15-10-8-14(20)9-11-15/h5-11H,3-4,12-13H2,1-2H3. The summed E-state index contributed by atoms with van der Waals surface area (Å²) in [6.45, 7) is 3.66. The van der Waals surface area contributed by atoms with Crippen molar-refractivity contribution in [3.63, 3.8) is 0 Å². The normalized spacial score (nSPS) is 11.6. The molecule has 0 aromatic heterocycles. The van der Waals surface area contributed by atoms with Gasteiger partial charge in [-0.1, -0.05) is 29.3 Å². The summed E-state index contributed by atoms with van der Waals surface area (Å²) in [7, 11) is -4.09. The van der Waals surface area contributed by atoms with Crippen LogP contribution in [0.4, 0.5) is 4.39 Å². The van der Waals surface area contributed by atoms with Gasteiger partial charge in [0.2, 0.25) is 15.9 Å². The summed E-state index contributed by atoms with van der Waals surface area (Å²) < 4.78 is 41.5. The van der Waals surface area contributed by atoms with E-state index in [9.17, 15) is 17.6 Å². The summed E-state index contributed by atoms with van der Waals surface area (Å²) in [5, 5.41) is 0.466. The lowest BCUT2D eigenvalue weighted by molar-refractivity contribution is -0.131. The van der Waals surface area contributed by atoms with Crippen molar-refractivity contribution in [2.75, 3.05) is 19.6 Å². The minimum absolute atomic E-state index is 0.00838. The molecule has 2 aromatic rings. The number of carbonyl (C=O) groups excluding carboxylic acids is 1. The van der Waals surface area contributed by atoms with Crippen LogP contribution in [0.2, 0.25) is 10.0 Å². The Morgan fingerprint density at radius 3 is 2.18 bits per heavy atom. The van der Waals surface area contributed by atoms with Crippen LogP contribution in [-0.4, -0.2) is 43.2 Å². The van der Waals surface area contributed by atoms with E-state index in [4.69, 9.17) is 23.2 Å². The molecule has 2 aromatic carbocycles. The molecule has 5 nitrogen and oxygen atoms in total. The highest BCUT2D eigenvalue weighted by Gasteiger charge is 2.29. The molecule has 0 saturated heterocycles. The molecule has 0 aliphatic rings. The molecule has 0 atom stereocenters. The first-order valence-electron chi connectivity index (χ1n) is 8.67. The van der Waals surface area contributed by atoms with E-state index < -0.39 is 22.4 Å². The van der Waals surface area contributed by atoms with Crippen molar-refractivity contribution in [1.29, 1.82) is 0 Å². The van der Waals surface area contributed by atoms with Gasteiger partial charge in [0.05, 0.1) is 11.4 Å². The monoisotopic (exact) mass is 446 g/mol. The molecule has 9 heteroatoms. The van der Waals surface area contributed by atoms with E-state index in [0.717, 1.165) is 4.31 Å². The molecule has 0 radical (unpaired) electrons. The SMILES string of the molecule is CCN(CC)C(=O)CN(Cc1c(F)cccc1Cl)S(=O)(=O)c1ccc(Cl)cc1. The van der Waals surface area contributed by atoms with E-state index in [1.54, 1.807) is 13.8 Å². The van der Waals surface area contributed by atoms with E-state index in [1.165, 1.54) is 47.4 Å². The molecule has 0 aliphatic carbocycles. The number of rotatable bonds is 8. The lowest BCUT2D eigenvalue weighted by Crippen LogP contribution is -2.42. The number of amides is 1. The fourth-order valence-corrected chi connectivity index (χ4v) is 4.37. The van der Waals surface area contributed by atoms with Crippen LogP contribution in [-0.2, 0) is 21.4 Å². The van der Waals surface area contributed by atoms with Crippen LogP contribution in [0.3, 0.4) is 0 Å². The Hall–Kier alpha value is -1.67. The molecule has 0 fully saturated rings. The van der Waals surface area contributed by atoms with E-state index in [0.29, 0.717) is 18.1 Å². The number of carbonyl (C=O) groups is 1. The molecule has 2 rings (SSSR count). The maximum atomic E-state index is 14.3. The van der Waals surface area contributed by atoms with Gasteiger partial charge in [0.25, 0.3) is 0 Å². The second-order valence-corrected chi connectivity index (χ2v) is 8.77. The molecule has 28 heavy (non-hydrogen) atoms. The van der Waals surface area contributed by atoms with Crippen LogP contribution in [0.5, 0.6) is 0 Å². The highest BCUT2D eigenvalue weighted by molar-refractivity contribution is 7.89. The summed E-state index contributed by atoms with van der Waals surface area (Å²) in [6, 6.07) is 9.66. The maximum absolute atomic E-state index is 14.3. The fraction of sp³-hybridized carbons (Fsp3) is 0.316. The average molecular weight is 447 g/mol. The second-order valence-electron chi connectivity index (χ2n) is 5.99.